The standard InChI is InChI=1S/C15H20N4OS/c1-3-5-17-13-10-16-6-4-12(13)14(20)19-9-11(2)15-18-7-8-21-15/h4,6-8,10-11,17H,3,5,9H2,1-2H3,(H,19,20). The van der Waals surface area contributed by atoms with Crippen LogP contribution >= 0.6 is 11.3 Å². The molecule has 2 aromatic rings. The molecule has 0 aliphatic heterocycles. The monoisotopic (exact) mass is 304 g/mol. The van der Waals surface area contributed by atoms with E-state index in [0.29, 0.717) is 12.1 Å². The fourth-order valence-electron chi connectivity index (χ4n) is 1.90. The third-order valence-corrected chi connectivity index (χ3v) is 4.08. The zero-order chi connectivity index (χ0) is 15.1. The first-order valence-electron chi connectivity index (χ1n) is 7.07. The number of nitrogens with zero attached hydrogens (tertiary/aromatic N) is 2. The molecule has 0 bridgehead atoms. The lowest BCUT2D eigenvalue weighted by molar-refractivity contribution is 0.0952. The van der Waals surface area contributed by atoms with Gasteiger partial charge in [-0.3, -0.25) is 9.78 Å². The van der Waals surface area contributed by atoms with E-state index in [2.05, 4.69) is 34.4 Å². The molecule has 0 saturated heterocycles. The summed E-state index contributed by atoms with van der Waals surface area (Å²) in [7, 11) is 0. The van der Waals surface area contributed by atoms with Crippen LogP contribution in [0.4, 0.5) is 5.69 Å². The molecular formula is C15H20N4OS. The highest BCUT2D eigenvalue weighted by atomic mass is 32.1. The van der Waals surface area contributed by atoms with E-state index < -0.39 is 0 Å². The predicted molar refractivity (Wildman–Crippen MR) is 85.9 cm³/mol. The summed E-state index contributed by atoms with van der Waals surface area (Å²) in [4.78, 5) is 20.6. The van der Waals surface area contributed by atoms with Gasteiger partial charge in [0.1, 0.15) is 0 Å². The average Bonchev–Trinajstić information content (AvgIpc) is 3.05. The lowest BCUT2D eigenvalue weighted by Gasteiger charge is -2.13. The van der Waals surface area contributed by atoms with Gasteiger partial charge in [-0.05, 0) is 12.5 Å². The molecule has 2 N–H and O–H groups in total. The molecule has 2 aromatic heterocycles. The molecule has 112 valence electrons. The van der Waals surface area contributed by atoms with Crippen LogP contribution in [-0.2, 0) is 0 Å². The van der Waals surface area contributed by atoms with Crippen LogP contribution in [0, 0.1) is 0 Å². The second kappa shape index (κ2) is 7.73. The summed E-state index contributed by atoms with van der Waals surface area (Å²) >= 11 is 1.61. The molecule has 1 unspecified atom stereocenters. The Morgan fingerprint density at radius 2 is 2.29 bits per heavy atom. The third-order valence-electron chi connectivity index (χ3n) is 3.07. The number of aromatic nitrogens is 2. The van der Waals surface area contributed by atoms with Crippen LogP contribution in [0.1, 0.15) is 41.6 Å². The van der Waals surface area contributed by atoms with E-state index in [0.717, 1.165) is 23.7 Å². The minimum absolute atomic E-state index is 0.0839. The Morgan fingerprint density at radius 3 is 3.00 bits per heavy atom. The molecule has 2 heterocycles. The van der Waals surface area contributed by atoms with Crippen molar-refractivity contribution in [2.75, 3.05) is 18.4 Å². The van der Waals surface area contributed by atoms with E-state index in [9.17, 15) is 4.79 Å². The SMILES string of the molecule is CCCNc1cnccc1C(=O)NCC(C)c1nccs1. The Labute approximate surface area is 128 Å². The van der Waals surface area contributed by atoms with Gasteiger partial charge in [0.05, 0.1) is 22.5 Å². The van der Waals surface area contributed by atoms with Crippen LogP contribution in [0.2, 0.25) is 0 Å². The predicted octanol–water partition coefficient (Wildman–Crippen LogP) is 2.89. The van der Waals surface area contributed by atoms with Crippen molar-refractivity contribution in [2.45, 2.75) is 26.2 Å². The molecule has 1 amide bonds. The first-order chi connectivity index (χ1) is 10.2. The van der Waals surface area contributed by atoms with Gasteiger partial charge in [0, 0.05) is 36.8 Å². The van der Waals surface area contributed by atoms with Crippen molar-refractivity contribution in [2.24, 2.45) is 0 Å². The molecule has 2 rings (SSSR count). The molecule has 0 aromatic carbocycles. The van der Waals surface area contributed by atoms with Crippen molar-refractivity contribution in [3.63, 3.8) is 0 Å². The topological polar surface area (TPSA) is 66.9 Å². The summed E-state index contributed by atoms with van der Waals surface area (Å²) in [6, 6.07) is 1.74. The summed E-state index contributed by atoms with van der Waals surface area (Å²) in [6.07, 6.45) is 6.11. The third kappa shape index (κ3) is 4.26. The number of carbonyl (C=O) groups excluding carboxylic acids is 1. The molecule has 0 saturated carbocycles. The molecule has 1 atom stereocenters. The molecule has 0 radical (unpaired) electrons. The number of carbonyl (C=O) groups is 1. The summed E-state index contributed by atoms with van der Waals surface area (Å²) < 4.78 is 0. The van der Waals surface area contributed by atoms with Gasteiger partial charge in [-0.25, -0.2) is 4.98 Å². The Hall–Kier alpha value is -1.95. The molecule has 0 fully saturated rings. The van der Waals surface area contributed by atoms with E-state index in [1.54, 1.807) is 36.0 Å². The first kappa shape index (κ1) is 15.4. The van der Waals surface area contributed by atoms with Gasteiger partial charge in [-0.15, -0.1) is 11.3 Å². The van der Waals surface area contributed by atoms with Crippen molar-refractivity contribution in [1.29, 1.82) is 0 Å². The second-order valence-electron chi connectivity index (χ2n) is 4.83. The molecule has 0 aliphatic rings. The Balaban J connectivity index is 1.97. The fourth-order valence-corrected chi connectivity index (χ4v) is 2.60. The Kier molecular flexibility index (Phi) is 5.68. The van der Waals surface area contributed by atoms with Crippen LogP contribution in [0.25, 0.3) is 0 Å². The van der Waals surface area contributed by atoms with E-state index in [-0.39, 0.29) is 11.8 Å². The summed E-state index contributed by atoms with van der Waals surface area (Å²) in [5, 5.41) is 9.17. The first-order valence-corrected chi connectivity index (χ1v) is 7.95. The van der Waals surface area contributed by atoms with Crippen molar-refractivity contribution in [3.05, 3.63) is 40.6 Å². The van der Waals surface area contributed by atoms with E-state index in [4.69, 9.17) is 0 Å². The maximum absolute atomic E-state index is 12.3. The molecule has 0 aliphatic carbocycles. The van der Waals surface area contributed by atoms with E-state index in [1.807, 2.05) is 5.38 Å². The highest BCUT2D eigenvalue weighted by Crippen LogP contribution is 2.17. The maximum Gasteiger partial charge on any atom is 0.253 e. The second-order valence-corrected chi connectivity index (χ2v) is 5.76. The zero-order valence-electron chi connectivity index (χ0n) is 12.3. The average molecular weight is 304 g/mol. The van der Waals surface area contributed by atoms with E-state index in [1.165, 1.54) is 0 Å². The van der Waals surface area contributed by atoms with Gasteiger partial charge in [0.2, 0.25) is 0 Å². The molecule has 5 nitrogen and oxygen atoms in total. The van der Waals surface area contributed by atoms with Gasteiger partial charge in [0.25, 0.3) is 5.91 Å². The lowest BCUT2D eigenvalue weighted by Crippen LogP contribution is -2.28. The number of pyridine rings is 1. The largest absolute Gasteiger partial charge is 0.383 e. The minimum atomic E-state index is -0.0839. The van der Waals surface area contributed by atoms with Gasteiger partial charge in [-0.1, -0.05) is 13.8 Å². The fraction of sp³-hybridized carbons (Fsp3) is 0.400. The molecule has 0 spiro atoms. The Morgan fingerprint density at radius 1 is 1.43 bits per heavy atom. The molecular weight excluding hydrogens is 284 g/mol. The number of hydrogen-bond acceptors (Lipinski definition) is 5. The highest BCUT2D eigenvalue weighted by Gasteiger charge is 2.14. The number of rotatable bonds is 7. The van der Waals surface area contributed by atoms with E-state index >= 15 is 0 Å². The maximum atomic E-state index is 12.3. The summed E-state index contributed by atoms with van der Waals surface area (Å²) in [5.41, 5.74) is 1.41. The van der Waals surface area contributed by atoms with Crippen LogP contribution in [0.3, 0.4) is 0 Å². The quantitative estimate of drug-likeness (QED) is 0.825. The minimum Gasteiger partial charge on any atom is -0.383 e. The lowest BCUT2D eigenvalue weighted by atomic mass is 10.1. The number of thiazole rings is 1. The van der Waals surface area contributed by atoms with Crippen LogP contribution in [0.5, 0.6) is 0 Å². The molecule has 6 heteroatoms. The van der Waals surface area contributed by atoms with Crippen LogP contribution in [0.15, 0.2) is 30.0 Å². The number of hydrogen-bond donors (Lipinski definition) is 2. The van der Waals surface area contributed by atoms with Crippen molar-refractivity contribution >= 4 is 22.9 Å². The van der Waals surface area contributed by atoms with Gasteiger partial charge in [-0.2, -0.15) is 0 Å². The van der Waals surface area contributed by atoms with Gasteiger partial charge in [0.15, 0.2) is 0 Å². The molecule has 21 heavy (non-hydrogen) atoms. The number of nitrogens with one attached hydrogen (secondary N) is 2. The zero-order valence-corrected chi connectivity index (χ0v) is 13.1. The van der Waals surface area contributed by atoms with Crippen molar-refractivity contribution < 1.29 is 4.79 Å². The van der Waals surface area contributed by atoms with Crippen LogP contribution < -0.4 is 10.6 Å². The van der Waals surface area contributed by atoms with Crippen molar-refractivity contribution in [1.82, 2.24) is 15.3 Å². The van der Waals surface area contributed by atoms with Crippen molar-refractivity contribution in [3.8, 4) is 0 Å². The number of anilines is 1. The Bertz CT molecular complexity index is 571. The number of amides is 1. The summed E-state index contributed by atoms with van der Waals surface area (Å²) in [6.45, 7) is 5.53. The normalized spacial score (nSPS) is 11.9. The smallest absolute Gasteiger partial charge is 0.253 e. The summed E-state index contributed by atoms with van der Waals surface area (Å²) in [5.74, 6) is 0.127. The highest BCUT2D eigenvalue weighted by molar-refractivity contribution is 7.09. The van der Waals surface area contributed by atoms with Gasteiger partial charge < -0.3 is 10.6 Å². The van der Waals surface area contributed by atoms with Gasteiger partial charge >= 0.3 is 0 Å². The van der Waals surface area contributed by atoms with Crippen LogP contribution in [-0.4, -0.2) is 29.0 Å².